The van der Waals surface area contributed by atoms with Crippen molar-refractivity contribution in [2.24, 2.45) is 5.73 Å². The maximum absolute atomic E-state index is 12.3. The Balaban J connectivity index is 0.00000392. The Kier molecular flexibility index (Phi) is 9.16. The topological polar surface area (TPSA) is 84.2 Å². The Hall–Kier alpha value is -2.37. The zero-order valence-corrected chi connectivity index (χ0v) is 17.6. The third-order valence-corrected chi connectivity index (χ3v) is 4.34. The van der Waals surface area contributed by atoms with Gasteiger partial charge in [-0.2, -0.15) is 0 Å². The molecule has 2 aromatic rings. The number of hydrogen-bond acceptors (Lipinski definition) is 3. The van der Waals surface area contributed by atoms with Gasteiger partial charge in [0.25, 0.3) is 5.91 Å². The number of nitrogens with two attached hydrogens (primary N) is 1. The Morgan fingerprint density at radius 1 is 1.00 bits per heavy atom. The predicted molar refractivity (Wildman–Crippen MR) is 117 cm³/mol. The van der Waals surface area contributed by atoms with Gasteiger partial charge in [0.1, 0.15) is 0 Å². The first-order valence-electron chi connectivity index (χ1n) is 9.28. The molecule has 5 nitrogen and oxygen atoms in total. The molecule has 0 aliphatic rings. The summed E-state index contributed by atoms with van der Waals surface area (Å²) in [6.07, 6.45) is 1.01. The van der Waals surface area contributed by atoms with Crippen molar-refractivity contribution in [3.8, 4) is 0 Å². The molecule has 28 heavy (non-hydrogen) atoms. The maximum atomic E-state index is 12.3. The molecule has 2 amide bonds. The van der Waals surface area contributed by atoms with Crippen LogP contribution in [-0.2, 0) is 16.6 Å². The number of nitrogens with one attached hydrogen (secondary N) is 2. The number of rotatable bonds is 7. The van der Waals surface area contributed by atoms with Crippen molar-refractivity contribution in [1.82, 2.24) is 5.32 Å². The van der Waals surface area contributed by atoms with E-state index in [0.29, 0.717) is 37.2 Å². The predicted octanol–water partition coefficient (Wildman–Crippen LogP) is 3.67. The van der Waals surface area contributed by atoms with E-state index in [-0.39, 0.29) is 29.6 Å². The van der Waals surface area contributed by atoms with Gasteiger partial charge >= 0.3 is 0 Å². The van der Waals surface area contributed by atoms with Crippen molar-refractivity contribution >= 4 is 29.9 Å². The Bertz CT molecular complexity index is 783. The average Bonchev–Trinajstić information content (AvgIpc) is 2.64. The number of hydrogen-bond donors (Lipinski definition) is 3. The van der Waals surface area contributed by atoms with Crippen LogP contribution in [0.15, 0.2) is 48.5 Å². The van der Waals surface area contributed by atoms with Crippen LogP contribution < -0.4 is 16.4 Å². The fraction of sp³-hybridized carbons (Fsp3) is 0.364. The molecule has 0 saturated heterocycles. The van der Waals surface area contributed by atoms with Crippen LogP contribution in [0, 0.1) is 0 Å². The largest absolute Gasteiger partial charge is 0.351 e. The van der Waals surface area contributed by atoms with E-state index >= 15 is 0 Å². The van der Waals surface area contributed by atoms with Gasteiger partial charge < -0.3 is 16.4 Å². The number of carbonyl (C=O) groups is 2. The van der Waals surface area contributed by atoms with Crippen LogP contribution in [0.3, 0.4) is 0 Å². The lowest BCUT2D eigenvalue weighted by Gasteiger charge is -2.19. The summed E-state index contributed by atoms with van der Waals surface area (Å²) in [6, 6.07) is 15.4. The van der Waals surface area contributed by atoms with Gasteiger partial charge in [0.2, 0.25) is 5.91 Å². The smallest absolute Gasteiger partial charge is 0.253 e. The standard InChI is InChI=1S/C22H29N3O2.ClH/c1-22(2,3)17-11-8-16(9-12-17)10-13-20(26)25-19-7-5-4-6-18(19)21(27)24-15-14-23;/h4-9,11-12H,10,13-15,23H2,1-3H3,(H,24,27)(H,25,26);1H. The second-order valence-electron chi connectivity index (χ2n) is 7.59. The second-order valence-corrected chi connectivity index (χ2v) is 7.59. The number of para-hydroxylation sites is 1. The summed E-state index contributed by atoms with van der Waals surface area (Å²) in [4.78, 5) is 24.5. The van der Waals surface area contributed by atoms with E-state index in [0.717, 1.165) is 5.56 Å². The fourth-order valence-corrected chi connectivity index (χ4v) is 2.71. The van der Waals surface area contributed by atoms with E-state index in [1.165, 1.54) is 5.56 Å². The second kappa shape index (κ2) is 10.8. The monoisotopic (exact) mass is 403 g/mol. The first-order valence-corrected chi connectivity index (χ1v) is 9.28. The molecular weight excluding hydrogens is 374 g/mol. The van der Waals surface area contributed by atoms with Crippen molar-refractivity contribution in [2.75, 3.05) is 18.4 Å². The normalized spacial score (nSPS) is 10.7. The molecule has 0 spiro atoms. The molecule has 6 heteroatoms. The van der Waals surface area contributed by atoms with Gasteiger partial charge in [0.15, 0.2) is 0 Å². The average molecular weight is 404 g/mol. The molecule has 0 bridgehead atoms. The molecule has 2 rings (SSSR count). The van der Waals surface area contributed by atoms with Gasteiger partial charge in [-0.15, -0.1) is 12.4 Å². The summed E-state index contributed by atoms with van der Waals surface area (Å²) >= 11 is 0. The van der Waals surface area contributed by atoms with Crippen LogP contribution in [-0.4, -0.2) is 24.9 Å². The van der Waals surface area contributed by atoms with Crippen LogP contribution >= 0.6 is 12.4 Å². The highest BCUT2D eigenvalue weighted by Crippen LogP contribution is 2.22. The van der Waals surface area contributed by atoms with Crippen LogP contribution in [0.1, 0.15) is 48.7 Å². The lowest BCUT2D eigenvalue weighted by molar-refractivity contribution is -0.116. The molecular formula is C22H30ClN3O2. The zero-order chi connectivity index (χ0) is 19.9. The quantitative estimate of drug-likeness (QED) is 0.659. The minimum Gasteiger partial charge on any atom is -0.351 e. The number of anilines is 1. The molecule has 0 heterocycles. The molecule has 2 aromatic carbocycles. The molecule has 0 saturated carbocycles. The van der Waals surface area contributed by atoms with Crippen molar-refractivity contribution in [1.29, 1.82) is 0 Å². The summed E-state index contributed by atoms with van der Waals surface area (Å²) in [7, 11) is 0. The summed E-state index contributed by atoms with van der Waals surface area (Å²) in [5.74, 6) is -0.358. The number of aryl methyl sites for hydroxylation is 1. The van der Waals surface area contributed by atoms with Crippen molar-refractivity contribution < 1.29 is 9.59 Å². The SMILES string of the molecule is CC(C)(C)c1ccc(CCC(=O)Nc2ccccc2C(=O)NCCN)cc1.Cl. The van der Waals surface area contributed by atoms with Crippen LogP contribution in [0.25, 0.3) is 0 Å². The summed E-state index contributed by atoms with van der Waals surface area (Å²) < 4.78 is 0. The minimum absolute atomic E-state index is 0. The lowest BCUT2D eigenvalue weighted by Crippen LogP contribution is -2.30. The first kappa shape index (κ1) is 23.7. The third kappa shape index (κ3) is 6.98. The Morgan fingerprint density at radius 3 is 2.25 bits per heavy atom. The molecule has 0 aromatic heterocycles. The van der Waals surface area contributed by atoms with Gasteiger partial charge in [-0.1, -0.05) is 57.2 Å². The van der Waals surface area contributed by atoms with Gasteiger partial charge in [-0.25, -0.2) is 0 Å². The number of amides is 2. The third-order valence-electron chi connectivity index (χ3n) is 4.34. The van der Waals surface area contributed by atoms with E-state index in [4.69, 9.17) is 5.73 Å². The highest BCUT2D eigenvalue weighted by Gasteiger charge is 2.14. The van der Waals surface area contributed by atoms with Crippen LogP contribution in [0.4, 0.5) is 5.69 Å². The Labute approximate surface area is 173 Å². The summed E-state index contributed by atoms with van der Waals surface area (Å²) in [5, 5.41) is 5.56. The molecule has 0 atom stereocenters. The van der Waals surface area contributed by atoms with Crippen molar-refractivity contribution in [3.63, 3.8) is 0 Å². The number of carbonyl (C=O) groups excluding carboxylic acids is 2. The molecule has 0 fully saturated rings. The van der Waals surface area contributed by atoms with Crippen molar-refractivity contribution in [2.45, 2.75) is 39.0 Å². The van der Waals surface area contributed by atoms with Gasteiger partial charge in [0, 0.05) is 19.5 Å². The highest BCUT2D eigenvalue weighted by molar-refractivity contribution is 6.03. The fourth-order valence-electron chi connectivity index (χ4n) is 2.71. The maximum Gasteiger partial charge on any atom is 0.253 e. The van der Waals surface area contributed by atoms with E-state index in [1.54, 1.807) is 24.3 Å². The van der Waals surface area contributed by atoms with Gasteiger partial charge in [0.05, 0.1) is 11.3 Å². The van der Waals surface area contributed by atoms with E-state index in [9.17, 15) is 9.59 Å². The van der Waals surface area contributed by atoms with Gasteiger partial charge in [-0.05, 0) is 35.1 Å². The number of benzene rings is 2. The molecule has 0 unspecified atom stereocenters. The molecule has 0 aliphatic heterocycles. The minimum atomic E-state index is -0.242. The molecule has 0 radical (unpaired) electrons. The lowest BCUT2D eigenvalue weighted by atomic mass is 9.86. The van der Waals surface area contributed by atoms with Crippen LogP contribution in [0.2, 0.25) is 0 Å². The van der Waals surface area contributed by atoms with E-state index in [1.807, 2.05) is 0 Å². The summed E-state index contributed by atoms with van der Waals surface area (Å²) in [6.45, 7) is 7.30. The van der Waals surface area contributed by atoms with Gasteiger partial charge in [-0.3, -0.25) is 9.59 Å². The molecule has 4 N–H and O–H groups in total. The van der Waals surface area contributed by atoms with Crippen molar-refractivity contribution in [3.05, 3.63) is 65.2 Å². The number of halogens is 1. The zero-order valence-electron chi connectivity index (χ0n) is 16.7. The summed E-state index contributed by atoms with van der Waals surface area (Å²) in [5.41, 5.74) is 8.87. The Morgan fingerprint density at radius 2 is 1.64 bits per heavy atom. The highest BCUT2D eigenvalue weighted by atomic mass is 35.5. The molecule has 152 valence electrons. The van der Waals surface area contributed by atoms with E-state index in [2.05, 4.69) is 55.7 Å². The first-order chi connectivity index (χ1) is 12.8. The van der Waals surface area contributed by atoms with E-state index < -0.39 is 0 Å². The molecule has 0 aliphatic carbocycles. The van der Waals surface area contributed by atoms with Crippen LogP contribution in [0.5, 0.6) is 0 Å².